The van der Waals surface area contributed by atoms with Crippen molar-refractivity contribution < 1.29 is 4.79 Å². The molecule has 0 fully saturated rings. The van der Waals surface area contributed by atoms with Crippen molar-refractivity contribution in [3.63, 3.8) is 0 Å². The average Bonchev–Trinajstić information content (AvgIpc) is 2.54. The fourth-order valence-electron chi connectivity index (χ4n) is 2.65. The van der Waals surface area contributed by atoms with Crippen LogP contribution in [-0.4, -0.2) is 12.5 Å². The van der Waals surface area contributed by atoms with Crippen LogP contribution in [0.15, 0.2) is 42.0 Å². The number of hydrogen-bond acceptors (Lipinski definition) is 2. The number of benzene rings is 1. The summed E-state index contributed by atoms with van der Waals surface area (Å²) in [7, 11) is 0. The quantitative estimate of drug-likeness (QED) is 0.813. The summed E-state index contributed by atoms with van der Waals surface area (Å²) >= 11 is 0. The van der Waals surface area contributed by atoms with Crippen molar-refractivity contribution >= 4 is 5.91 Å². The van der Waals surface area contributed by atoms with Gasteiger partial charge in [0.2, 0.25) is 5.91 Å². The Kier molecular flexibility index (Phi) is 6.02. The van der Waals surface area contributed by atoms with Gasteiger partial charge in [0.25, 0.3) is 0 Å². The Morgan fingerprint density at radius 3 is 2.76 bits per heavy atom. The third-order valence-corrected chi connectivity index (χ3v) is 3.89. The minimum atomic E-state index is -0.604. The first kappa shape index (κ1) is 15.3. The second-order valence-corrected chi connectivity index (χ2v) is 5.52. The molecule has 0 spiro atoms. The number of amides is 1. The minimum absolute atomic E-state index is 0.155. The van der Waals surface area contributed by atoms with Gasteiger partial charge in [0, 0.05) is 6.54 Å². The Balaban J connectivity index is 1.78. The number of hydrogen-bond donors (Lipinski definition) is 1. The minimum Gasteiger partial charge on any atom is -0.355 e. The monoisotopic (exact) mass is 282 g/mol. The predicted octanol–water partition coefficient (Wildman–Crippen LogP) is 3.38. The number of carbonyl (C=O) groups is 1. The molecule has 0 saturated heterocycles. The van der Waals surface area contributed by atoms with Gasteiger partial charge < -0.3 is 5.32 Å². The van der Waals surface area contributed by atoms with Crippen molar-refractivity contribution in [1.29, 1.82) is 5.26 Å². The largest absolute Gasteiger partial charge is 0.355 e. The number of rotatable bonds is 6. The summed E-state index contributed by atoms with van der Waals surface area (Å²) in [5.41, 5.74) is 2.47. The lowest BCUT2D eigenvalue weighted by molar-refractivity contribution is -0.123. The molecule has 1 amide bonds. The second kappa shape index (κ2) is 8.26. The van der Waals surface area contributed by atoms with Gasteiger partial charge in [-0.25, -0.2) is 0 Å². The highest BCUT2D eigenvalue weighted by molar-refractivity contribution is 5.81. The fraction of sp³-hybridized carbons (Fsp3) is 0.444. The van der Waals surface area contributed by atoms with Crippen LogP contribution >= 0.6 is 0 Å². The van der Waals surface area contributed by atoms with Crippen LogP contribution in [0.2, 0.25) is 0 Å². The summed E-state index contributed by atoms with van der Waals surface area (Å²) in [6.45, 7) is 0.637. The topological polar surface area (TPSA) is 52.9 Å². The molecule has 0 heterocycles. The number of allylic oxidation sites excluding steroid dienone is 1. The third-order valence-electron chi connectivity index (χ3n) is 3.89. The molecule has 2 rings (SSSR count). The summed E-state index contributed by atoms with van der Waals surface area (Å²) in [6, 6.07) is 11.8. The smallest absolute Gasteiger partial charge is 0.237 e. The Morgan fingerprint density at radius 2 is 2.10 bits per heavy atom. The van der Waals surface area contributed by atoms with Crippen molar-refractivity contribution in [2.75, 3.05) is 6.54 Å². The molecule has 1 unspecified atom stereocenters. The molecule has 1 aromatic carbocycles. The molecular weight excluding hydrogens is 260 g/mol. The number of carbonyl (C=O) groups excluding carboxylic acids is 1. The Bertz CT molecular complexity index is 528. The van der Waals surface area contributed by atoms with E-state index in [0.29, 0.717) is 13.0 Å². The first-order chi connectivity index (χ1) is 10.3. The molecule has 1 aliphatic rings. The van der Waals surface area contributed by atoms with Crippen molar-refractivity contribution in [2.45, 2.75) is 38.5 Å². The fourth-order valence-corrected chi connectivity index (χ4v) is 2.65. The van der Waals surface area contributed by atoms with Gasteiger partial charge in [-0.3, -0.25) is 4.79 Å². The van der Waals surface area contributed by atoms with Gasteiger partial charge in [0.1, 0.15) is 5.92 Å². The molecule has 0 saturated carbocycles. The highest BCUT2D eigenvalue weighted by Crippen LogP contribution is 2.19. The predicted molar refractivity (Wildman–Crippen MR) is 83.4 cm³/mol. The standard InChI is InChI=1S/C18H22N2O/c19-14-17(13-16-9-5-2-6-10-16)18(21)20-12-11-15-7-3-1-4-8-15/h2,5-7,9-10,17H,1,3-4,8,11-13H2,(H,20,21). The van der Waals surface area contributed by atoms with E-state index in [-0.39, 0.29) is 5.91 Å². The van der Waals surface area contributed by atoms with E-state index in [4.69, 9.17) is 0 Å². The van der Waals surface area contributed by atoms with Crippen LogP contribution in [-0.2, 0) is 11.2 Å². The van der Waals surface area contributed by atoms with E-state index in [1.54, 1.807) is 0 Å². The SMILES string of the molecule is N#CC(Cc1ccccc1)C(=O)NCCC1=CCCCC1. The van der Waals surface area contributed by atoms with Crippen LogP contribution in [0.3, 0.4) is 0 Å². The van der Waals surface area contributed by atoms with Crippen LogP contribution in [0.25, 0.3) is 0 Å². The van der Waals surface area contributed by atoms with Crippen molar-refractivity contribution in [1.82, 2.24) is 5.32 Å². The molecule has 0 aliphatic heterocycles. The van der Waals surface area contributed by atoms with E-state index in [2.05, 4.69) is 17.5 Å². The Morgan fingerprint density at radius 1 is 1.29 bits per heavy atom. The molecular formula is C18H22N2O. The van der Waals surface area contributed by atoms with E-state index in [9.17, 15) is 10.1 Å². The van der Waals surface area contributed by atoms with E-state index < -0.39 is 5.92 Å². The summed E-state index contributed by atoms with van der Waals surface area (Å²) in [5.74, 6) is -0.759. The molecule has 1 atom stereocenters. The molecule has 1 N–H and O–H groups in total. The number of nitriles is 1. The number of nitrogens with one attached hydrogen (secondary N) is 1. The molecule has 0 bridgehead atoms. The zero-order chi connectivity index (χ0) is 14.9. The van der Waals surface area contributed by atoms with E-state index >= 15 is 0 Å². The maximum atomic E-state index is 12.1. The molecule has 0 aromatic heterocycles. The van der Waals surface area contributed by atoms with Crippen molar-refractivity contribution in [3.8, 4) is 6.07 Å². The molecule has 3 heteroatoms. The first-order valence-electron chi connectivity index (χ1n) is 7.69. The van der Waals surface area contributed by atoms with Crippen LogP contribution < -0.4 is 5.32 Å². The van der Waals surface area contributed by atoms with Gasteiger partial charge in [0.05, 0.1) is 6.07 Å². The van der Waals surface area contributed by atoms with Crippen LogP contribution in [0.1, 0.15) is 37.7 Å². The van der Waals surface area contributed by atoms with Gasteiger partial charge >= 0.3 is 0 Å². The highest BCUT2D eigenvalue weighted by atomic mass is 16.1. The second-order valence-electron chi connectivity index (χ2n) is 5.52. The van der Waals surface area contributed by atoms with Gasteiger partial charge in [-0.1, -0.05) is 42.0 Å². The average molecular weight is 282 g/mol. The molecule has 0 radical (unpaired) electrons. The molecule has 3 nitrogen and oxygen atoms in total. The summed E-state index contributed by atoms with van der Waals surface area (Å²) in [5, 5.41) is 12.1. The zero-order valence-corrected chi connectivity index (χ0v) is 12.3. The number of nitrogens with zero attached hydrogens (tertiary/aromatic N) is 1. The first-order valence-corrected chi connectivity index (χ1v) is 7.69. The van der Waals surface area contributed by atoms with Crippen molar-refractivity contribution in [3.05, 3.63) is 47.5 Å². The van der Waals surface area contributed by atoms with Gasteiger partial charge in [-0.2, -0.15) is 5.26 Å². The van der Waals surface area contributed by atoms with Gasteiger partial charge in [0.15, 0.2) is 0 Å². The summed E-state index contributed by atoms with van der Waals surface area (Å²) in [4.78, 5) is 12.1. The van der Waals surface area contributed by atoms with Gasteiger partial charge in [-0.15, -0.1) is 0 Å². The molecule has 110 valence electrons. The molecule has 21 heavy (non-hydrogen) atoms. The molecule has 1 aromatic rings. The summed E-state index contributed by atoms with van der Waals surface area (Å²) in [6.07, 6.45) is 8.54. The van der Waals surface area contributed by atoms with E-state index in [0.717, 1.165) is 24.8 Å². The Labute approximate surface area is 126 Å². The lowest BCUT2D eigenvalue weighted by Gasteiger charge is -2.14. The Hall–Kier alpha value is -2.08. The van der Waals surface area contributed by atoms with E-state index in [1.165, 1.54) is 18.4 Å². The lowest BCUT2D eigenvalue weighted by Crippen LogP contribution is -2.32. The maximum absolute atomic E-state index is 12.1. The maximum Gasteiger partial charge on any atom is 0.237 e. The molecule has 1 aliphatic carbocycles. The normalized spacial score (nSPS) is 15.7. The highest BCUT2D eigenvalue weighted by Gasteiger charge is 2.18. The van der Waals surface area contributed by atoms with Crippen molar-refractivity contribution in [2.24, 2.45) is 5.92 Å². The lowest BCUT2D eigenvalue weighted by atomic mass is 9.97. The van der Waals surface area contributed by atoms with Gasteiger partial charge in [-0.05, 0) is 44.1 Å². The van der Waals surface area contributed by atoms with Crippen LogP contribution in [0, 0.1) is 17.2 Å². The van der Waals surface area contributed by atoms with Crippen LogP contribution in [0.5, 0.6) is 0 Å². The van der Waals surface area contributed by atoms with Crippen LogP contribution in [0.4, 0.5) is 0 Å². The third kappa shape index (κ3) is 5.07. The summed E-state index contributed by atoms with van der Waals surface area (Å²) < 4.78 is 0. The zero-order valence-electron chi connectivity index (χ0n) is 12.3. The van der Waals surface area contributed by atoms with E-state index in [1.807, 2.05) is 30.3 Å².